The average molecular weight is 329 g/mol. The van der Waals surface area contributed by atoms with Crippen molar-refractivity contribution in [3.8, 4) is 0 Å². The van der Waals surface area contributed by atoms with Gasteiger partial charge in [0.2, 0.25) is 5.91 Å². The molecule has 6 heteroatoms. The number of hydrogen-bond donors (Lipinski definition) is 3. The Labute approximate surface area is 120 Å². The Kier molecular flexibility index (Phi) is 5.50. The molecule has 0 aliphatic carbocycles. The summed E-state index contributed by atoms with van der Waals surface area (Å²) in [5, 5.41) is 11.6. The molecule has 1 unspecified atom stereocenters. The van der Waals surface area contributed by atoms with Crippen LogP contribution in [0.5, 0.6) is 0 Å². The van der Waals surface area contributed by atoms with Crippen LogP contribution in [0, 0.1) is 5.92 Å². The normalized spacial score (nSPS) is 12.3. The van der Waals surface area contributed by atoms with Gasteiger partial charge in [0.25, 0.3) is 0 Å². The zero-order chi connectivity index (χ0) is 14.6. The second kappa shape index (κ2) is 6.68. The van der Waals surface area contributed by atoms with E-state index < -0.39 is 12.0 Å². The number of amides is 1. The number of halogens is 1. The molecule has 104 valence electrons. The predicted molar refractivity (Wildman–Crippen MR) is 77.2 cm³/mol. The molecule has 5 nitrogen and oxygen atoms in total. The summed E-state index contributed by atoms with van der Waals surface area (Å²) in [6.45, 7) is 3.96. The molecule has 0 fully saturated rings. The van der Waals surface area contributed by atoms with Crippen molar-refractivity contribution in [2.75, 3.05) is 5.32 Å². The van der Waals surface area contributed by atoms with Crippen LogP contribution in [0.4, 0.5) is 5.69 Å². The van der Waals surface area contributed by atoms with Crippen LogP contribution in [0.25, 0.3) is 0 Å². The molecule has 0 bridgehead atoms. The van der Waals surface area contributed by atoms with E-state index in [0.717, 1.165) is 0 Å². The Morgan fingerprint density at radius 1 is 1.42 bits per heavy atom. The molecule has 1 atom stereocenters. The third kappa shape index (κ3) is 4.65. The summed E-state index contributed by atoms with van der Waals surface area (Å²) in [6, 6.07) is 3.99. The number of carboxylic acid groups (broad SMARTS) is 1. The number of nitrogens with two attached hydrogens (primary N) is 1. The van der Waals surface area contributed by atoms with Gasteiger partial charge in [-0.1, -0.05) is 13.8 Å². The van der Waals surface area contributed by atoms with E-state index in [1.54, 1.807) is 12.1 Å². The number of hydrogen-bond acceptors (Lipinski definition) is 3. The molecule has 0 aliphatic heterocycles. The molecule has 1 aromatic carbocycles. The fourth-order valence-electron chi connectivity index (χ4n) is 1.62. The molecule has 0 spiro atoms. The van der Waals surface area contributed by atoms with Crippen LogP contribution in [0.1, 0.15) is 30.6 Å². The topological polar surface area (TPSA) is 92.4 Å². The van der Waals surface area contributed by atoms with Crippen LogP contribution in [0.3, 0.4) is 0 Å². The van der Waals surface area contributed by atoms with E-state index in [-0.39, 0.29) is 11.5 Å². The summed E-state index contributed by atoms with van der Waals surface area (Å²) in [6.07, 6.45) is 0.578. The Bertz CT molecular complexity index is 489. The SMILES string of the molecule is CC(C)CC(N)C(=O)Nc1ccc(Br)c(C(=O)O)c1. The molecule has 0 aliphatic rings. The standard InChI is InChI=1S/C13H17BrN2O3/c1-7(2)5-11(15)12(17)16-8-3-4-10(14)9(6-8)13(18)19/h3-4,6-7,11H,5,15H2,1-2H3,(H,16,17)(H,18,19). The van der Waals surface area contributed by atoms with E-state index in [2.05, 4.69) is 21.2 Å². The molecule has 0 saturated carbocycles. The minimum absolute atomic E-state index is 0.0928. The van der Waals surface area contributed by atoms with Crippen LogP contribution in [0.2, 0.25) is 0 Å². The van der Waals surface area contributed by atoms with Crippen molar-refractivity contribution >= 4 is 33.5 Å². The minimum Gasteiger partial charge on any atom is -0.478 e. The zero-order valence-corrected chi connectivity index (χ0v) is 12.4. The first-order chi connectivity index (χ1) is 8.81. The first kappa shape index (κ1) is 15.7. The second-order valence-corrected chi connectivity index (χ2v) is 5.58. The van der Waals surface area contributed by atoms with E-state index in [4.69, 9.17) is 10.8 Å². The Morgan fingerprint density at radius 3 is 2.58 bits per heavy atom. The number of carbonyl (C=O) groups excluding carboxylic acids is 1. The largest absolute Gasteiger partial charge is 0.478 e. The minimum atomic E-state index is -1.06. The average Bonchev–Trinajstić information content (AvgIpc) is 2.30. The second-order valence-electron chi connectivity index (χ2n) is 4.73. The van der Waals surface area contributed by atoms with Crippen molar-refractivity contribution in [3.63, 3.8) is 0 Å². The fourth-order valence-corrected chi connectivity index (χ4v) is 2.03. The van der Waals surface area contributed by atoms with Gasteiger partial charge >= 0.3 is 5.97 Å². The van der Waals surface area contributed by atoms with Crippen molar-refractivity contribution in [2.24, 2.45) is 11.7 Å². The van der Waals surface area contributed by atoms with E-state index in [0.29, 0.717) is 22.5 Å². The van der Waals surface area contributed by atoms with Gasteiger partial charge in [-0.2, -0.15) is 0 Å². The summed E-state index contributed by atoms with van der Waals surface area (Å²) in [7, 11) is 0. The zero-order valence-electron chi connectivity index (χ0n) is 10.8. The van der Waals surface area contributed by atoms with E-state index >= 15 is 0 Å². The van der Waals surface area contributed by atoms with E-state index in [1.807, 2.05) is 13.8 Å². The molecule has 19 heavy (non-hydrogen) atoms. The Morgan fingerprint density at radius 2 is 2.05 bits per heavy atom. The van der Waals surface area contributed by atoms with Crippen molar-refractivity contribution in [1.29, 1.82) is 0 Å². The Balaban J connectivity index is 2.80. The smallest absolute Gasteiger partial charge is 0.336 e. The van der Waals surface area contributed by atoms with Crippen LogP contribution in [-0.4, -0.2) is 23.0 Å². The third-order valence-corrected chi connectivity index (χ3v) is 3.22. The third-order valence-electron chi connectivity index (χ3n) is 2.53. The van der Waals surface area contributed by atoms with Gasteiger partial charge in [-0.15, -0.1) is 0 Å². The van der Waals surface area contributed by atoms with Crippen LogP contribution >= 0.6 is 15.9 Å². The summed E-state index contributed by atoms with van der Waals surface area (Å²) in [5.41, 5.74) is 6.27. The Hall–Kier alpha value is -1.40. The van der Waals surface area contributed by atoms with Crippen molar-refractivity contribution in [3.05, 3.63) is 28.2 Å². The van der Waals surface area contributed by atoms with Crippen LogP contribution in [-0.2, 0) is 4.79 Å². The molecular weight excluding hydrogens is 312 g/mol. The maximum absolute atomic E-state index is 11.8. The van der Waals surface area contributed by atoms with Gasteiger partial charge in [0.05, 0.1) is 11.6 Å². The number of carbonyl (C=O) groups is 2. The highest BCUT2D eigenvalue weighted by Crippen LogP contribution is 2.21. The molecule has 1 amide bonds. The van der Waals surface area contributed by atoms with E-state index in [9.17, 15) is 9.59 Å². The van der Waals surface area contributed by atoms with Crippen molar-refractivity contribution in [2.45, 2.75) is 26.3 Å². The highest BCUT2D eigenvalue weighted by atomic mass is 79.9. The summed E-state index contributed by atoms with van der Waals surface area (Å²) in [5.74, 6) is -1.05. The van der Waals surface area contributed by atoms with Crippen molar-refractivity contribution in [1.82, 2.24) is 0 Å². The quantitative estimate of drug-likeness (QED) is 0.774. The molecule has 0 radical (unpaired) electrons. The highest BCUT2D eigenvalue weighted by molar-refractivity contribution is 9.10. The number of nitrogens with one attached hydrogen (secondary N) is 1. The van der Waals surface area contributed by atoms with E-state index in [1.165, 1.54) is 6.07 Å². The number of anilines is 1. The lowest BCUT2D eigenvalue weighted by Gasteiger charge is -2.14. The van der Waals surface area contributed by atoms with Gasteiger partial charge in [-0.3, -0.25) is 4.79 Å². The number of aromatic carboxylic acids is 1. The lowest BCUT2D eigenvalue weighted by atomic mass is 10.0. The molecule has 4 N–H and O–H groups in total. The lowest BCUT2D eigenvalue weighted by molar-refractivity contribution is -0.117. The van der Waals surface area contributed by atoms with Crippen LogP contribution < -0.4 is 11.1 Å². The first-order valence-electron chi connectivity index (χ1n) is 5.90. The van der Waals surface area contributed by atoms with Gasteiger partial charge < -0.3 is 16.2 Å². The molecule has 0 heterocycles. The van der Waals surface area contributed by atoms with Crippen LogP contribution in [0.15, 0.2) is 22.7 Å². The van der Waals surface area contributed by atoms with Gasteiger partial charge in [-0.25, -0.2) is 4.79 Å². The molecule has 0 aromatic heterocycles. The maximum atomic E-state index is 11.8. The molecule has 0 saturated heterocycles. The highest BCUT2D eigenvalue weighted by Gasteiger charge is 2.16. The molecule has 1 aromatic rings. The monoisotopic (exact) mass is 328 g/mol. The van der Waals surface area contributed by atoms with Crippen molar-refractivity contribution < 1.29 is 14.7 Å². The van der Waals surface area contributed by atoms with Gasteiger partial charge in [-0.05, 0) is 46.5 Å². The number of carboxylic acids is 1. The van der Waals surface area contributed by atoms with Gasteiger partial charge in [0, 0.05) is 10.2 Å². The predicted octanol–water partition coefficient (Wildman–Crippen LogP) is 2.46. The number of benzene rings is 1. The first-order valence-corrected chi connectivity index (χ1v) is 6.70. The van der Waals surface area contributed by atoms with Gasteiger partial charge in [0.15, 0.2) is 0 Å². The maximum Gasteiger partial charge on any atom is 0.336 e. The molecule has 1 rings (SSSR count). The molecular formula is C13H17BrN2O3. The fraction of sp³-hybridized carbons (Fsp3) is 0.385. The summed E-state index contributed by atoms with van der Waals surface area (Å²) in [4.78, 5) is 22.8. The summed E-state index contributed by atoms with van der Waals surface area (Å²) < 4.78 is 0.462. The van der Waals surface area contributed by atoms with Gasteiger partial charge in [0.1, 0.15) is 0 Å². The lowest BCUT2D eigenvalue weighted by Crippen LogP contribution is -2.36. The summed E-state index contributed by atoms with van der Waals surface area (Å²) >= 11 is 3.14. The number of rotatable bonds is 5.